The third kappa shape index (κ3) is 4.11. The Kier molecular flexibility index (Phi) is 5.87. The van der Waals surface area contributed by atoms with Crippen molar-refractivity contribution >= 4 is 11.6 Å². The molecule has 3 aliphatic rings. The van der Waals surface area contributed by atoms with Gasteiger partial charge in [0, 0.05) is 56.9 Å². The topological polar surface area (TPSA) is 90.6 Å². The van der Waals surface area contributed by atoms with E-state index in [1.165, 1.54) is 0 Å². The van der Waals surface area contributed by atoms with Gasteiger partial charge in [-0.25, -0.2) is 4.98 Å². The molecule has 2 aromatic heterocycles. The van der Waals surface area contributed by atoms with Gasteiger partial charge in [-0.05, 0) is 44.2 Å². The van der Waals surface area contributed by atoms with Crippen LogP contribution in [0.5, 0.6) is 5.75 Å². The van der Waals surface area contributed by atoms with Gasteiger partial charge in [0.25, 0.3) is 11.5 Å². The lowest BCUT2D eigenvalue weighted by Gasteiger charge is -2.39. The number of aromatic amines is 1. The Balaban J connectivity index is 1.18. The van der Waals surface area contributed by atoms with Crippen LogP contribution in [0.4, 0.5) is 5.69 Å². The van der Waals surface area contributed by atoms with E-state index in [4.69, 9.17) is 4.74 Å². The maximum Gasteiger partial charge on any atom is 0.269 e. The van der Waals surface area contributed by atoms with Crippen LogP contribution in [0, 0.1) is 0 Å². The Morgan fingerprint density at radius 1 is 1.22 bits per heavy atom. The number of nitrogens with one attached hydrogen (secondary N) is 2. The van der Waals surface area contributed by atoms with Gasteiger partial charge in [-0.3, -0.25) is 14.5 Å². The van der Waals surface area contributed by atoms with Gasteiger partial charge >= 0.3 is 0 Å². The highest BCUT2D eigenvalue weighted by Gasteiger charge is 2.33. The minimum absolute atomic E-state index is 0.0327. The van der Waals surface area contributed by atoms with E-state index in [1.807, 2.05) is 6.07 Å². The van der Waals surface area contributed by atoms with Crippen molar-refractivity contribution in [2.45, 2.75) is 44.1 Å². The second-order valence-corrected chi connectivity index (χ2v) is 9.02. The molecular formula is C24H31N5O3. The molecule has 0 spiro atoms. The normalized spacial score (nSPS) is 23.5. The molecule has 0 aromatic carbocycles. The zero-order valence-corrected chi connectivity index (χ0v) is 18.6. The molecule has 2 N–H and O–H groups in total. The first-order chi connectivity index (χ1) is 15.6. The first-order valence-corrected chi connectivity index (χ1v) is 11.7. The summed E-state index contributed by atoms with van der Waals surface area (Å²) in [7, 11) is 1.61. The quantitative estimate of drug-likeness (QED) is 0.760. The zero-order valence-electron chi connectivity index (χ0n) is 18.6. The van der Waals surface area contributed by atoms with Crippen LogP contribution in [-0.2, 0) is 6.42 Å². The fraction of sp³-hybridized carbons (Fsp3) is 0.542. The summed E-state index contributed by atoms with van der Waals surface area (Å²) in [6, 6.07) is 6.39. The van der Waals surface area contributed by atoms with Crippen LogP contribution in [-0.4, -0.2) is 66.7 Å². The van der Waals surface area contributed by atoms with Crippen molar-refractivity contribution in [3.63, 3.8) is 0 Å². The highest BCUT2D eigenvalue weighted by Crippen LogP contribution is 2.38. The molecule has 2 atom stereocenters. The molecule has 5 rings (SSSR count). The lowest BCUT2D eigenvalue weighted by molar-refractivity contribution is 0.0958. The van der Waals surface area contributed by atoms with Gasteiger partial charge in [0.2, 0.25) is 0 Å². The smallest absolute Gasteiger partial charge is 0.269 e. The number of aromatic nitrogens is 2. The van der Waals surface area contributed by atoms with Crippen LogP contribution in [0.3, 0.4) is 0 Å². The van der Waals surface area contributed by atoms with Crippen molar-refractivity contribution in [1.82, 2.24) is 20.2 Å². The number of H-pyrrole nitrogens is 1. The third-order valence-electron chi connectivity index (χ3n) is 7.19. The zero-order chi connectivity index (χ0) is 22.1. The molecule has 1 saturated carbocycles. The summed E-state index contributed by atoms with van der Waals surface area (Å²) in [5.74, 6) is 1.02. The molecule has 1 amide bonds. The average Bonchev–Trinajstić information content (AvgIpc) is 3.34. The number of anilines is 1. The van der Waals surface area contributed by atoms with Gasteiger partial charge in [0.1, 0.15) is 11.4 Å². The van der Waals surface area contributed by atoms with E-state index in [9.17, 15) is 9.59 Å². The number of carbonyl (C=O) groups is 1. The molecule has 1 aliphatic carbocycles. The Morgan fingerprint density at radius 3 is 2.81 bits per heavy atom. The monoisotopic (exact) mass is 437 g/mol. The standard InChI is InChI=1S/C24H31N5O3/c1-25-24(31)20-7-6-18(15-26-20)29-10-8-28(9-11-29)17-5-4-16(13-17)21-14-22-19(23(30)27-21)3-2-12-32-22/h6-7,14-17H,2-5,8-13H2,1H3,(H,25,31)(H,27,30). The molecular weight excluding hydrogens is 406 g/mol. The van der Waals surface area contributed by atoms with E-state index in [0.29, 0.717) is 24.3 Å². The number of ether oxygens (including phenoxy) is 1. The van der Waals surface area contributed by atoms with E-state index in [-0.39, 0.29) is 11.5 Å². The molecule has 2 unspecified atom stereocenters. The first-order valence-electron chi connectivity index (χ1n) is 11.7. The SMILES string of the molecule is CNC(=O)c1ccc(N2CCN(C3CCC(c4cc5c(c(=O)[nH]4)CCCO5)C3)CC2)cn1. The number of amides is 1. The van der Waals surface area contributed by atoms with Crippen molar-refractivity contribution in [2.75, 3.05) is 44.7 Å². The number of rotatable bonds is 4. The predicted molar refractivity (Wildman–Crippen MR) is 123 cm³/mol. The van der Waals surface area contributed by atoms with Crippen LogP contribution in [0.1, 0.15) is 53.3 Å². The van der Waals surface area contributed by atoms with Gasteiger partial charge in [0.05, 0.1) is 24.1 Å². The molecule has 1 saturated heterocycles. The molecule has 8 nitrogen and oxygen atoms in total. The maximum atomic E-state index is 12.5. The van der Waals surface area contributed by atoms with Crippen LogP contribution in [0.25, 0.3) is 0 Å². The van der Waals surface area contributed by atoms with Crippen LogP contribution in [0.15, 0.2) is 29.2 Å². The second kappa shape index (κ2) is 8.94. The van der Waals surface area contributed by atoms with Crippen molar-refractivity contribution in [1.29, 1.82) is 0 Å². The third-order valence-corrected chi connectivity index (χ3v) is 7.19. The molecule has 4 heterocycles. The van der Waals surface area contributed by atoms with Crippen molar-refractivity contribution in [2.24, 2.45) is 0 Å². The summed E-state index contributed by atoms with van der Waals surface area (Å²) < 4.78 is 5.77. The Labute approximate surface area is 188 Å². The summed E-state index contributed by atoms with van der Waals surface area (Å²) in [6.07, 6.45) is 6.86. The molecule has 32 heavy (non-hydrogen) atoms. The van der Waals surface area contributed by atoms with Gasteiger partial charge in [0.15, 0.2) is 0 Å². The van der Waals surface area contributed by atoms with Gasteiger partial charge in [-0.15, -0.1) is 0 Å². The first kappa shape index (κ1) is 21.0. The lowest BCUT2D eigenvalue weighted by atomic mass is 10.00. The van der Waals surface area contributed by atoms with E-state index >= 15 is 0 Å². The number of nitrogens with zero attached hydrogens (tertiary/aromatic N) is 3. The molecule has 170 valence electrons. The number of carbonyl (C=O) groups excluding carboxylic acids is 1. The minimum Gasteiger partial charge on any atom is -0.493 e. The number of fused-ring (bicyclic) bond motifs is 1. The van der Waals surface area contributed by atoms with Gasteiger partial charge in [-0.2, -0.15) is 0 Å². The van der Waals surface area contributed by atoms with Crippen molar-refractivity contribution in [3.05, 3.63) is 51.7 Å². The van der Waals surface area contributed by atoms with E-state index in [2.05, 4.69) is 31.2 Å². The summed E-state index contributed by atoms with van der Waals surface area (Å²) in [5.41, 5.74) is 3.39. The molecule has 0 radical (unpaired) electrons. The summed E-state index contributed by atoms with van der Waals surface area (Å²) in [5, 5.41) is 2.60. The fourth-order valence-electron chi connectivity index (χ4n) is 5.35. The summed E-state index contributed by atoms with van der Waals surface area (Å²) in [6.45, 7) is 4.63. The number of piperazine rings is 1. The van der Waals surface area contributed by atoms with E-state index < -0.39 is 0 Å². The molecule has 2 fully saturated rings. The summed E-state index contributed by atoms with van der Waals surface area (Å²) in [4.78, 5) is 36.6. The molecule has 2 aliphatic heterocycles. The number of hydrogen-bond acceptors (Lipinski definition) is 6. The van der Waals surface area contributed by atoms with Gasteiger partial charge < -0.3 is 19.9 Å². The number of hydrogen-bond donors (Lipinski definition) is 2. The van der Waals surface area contributed by atoms with Crippen molar-refractivity contribution in [3.8, 4) is 5.75 Å². The highest BCUT2D eigenvalue weighted by atomic mass is 16.5. The largest absolute Gasteiger partial charge is 0.493 e. The minimum atomic E-state index is -0.163. The lowest BCUT2D eigenvalue weighted by Crippen LogP contribution is -2.49. The van der Waals surface area contributed by atoms with Crippen LogP contribution in [0.2, 0.25) is 0 Å². The summed E-state index contributed by atoms with van der Waals surface area (Å²) >= 11 is 0. The maximum absolute atomic E-state index is 12.5. The molecule has 2 aromatic rings. The molecule has 8 heteroatoms. The Bertz CT molecular complexity index is 1030. The fourth-order valence-corrected chi connectivity index (χ4v) is 5.35. The molecule has 0 bridgehead atoms. The number of pyridine rings is 2. The van der Waals surface area contributed by atoms with Crippen molar-refractivity contribution < 1.29 is 9.53 Å². The van der Waals surface area contributed by atoms with Gasteiger partial charge in [-0.1, -0.05) is 0 Å². The predicted octanol–water partition coefficient (Wildman–Crippen LogP) is 1.91. The van der Waals surface area contributed by atoms with Crippen LogP contribution < -0.4 is 20.5 Å². The van der Waals surface area contributed by atoms with E-state index in [0.717, 1.165) is 81.0 Å². The Hall–Kier alpha value is -2.87. The van der Waals surface area contributed by atoms with E-state index in [1.54, 1.807) is 19.3 Å². The second-order valence-electron chi connectivity index (χ2n) is 9.02. The average molecular weight is 438 g/mol. The van der Waals surface area contributed by atoms with Crippen LogP contribution >= 0.6 is 0 Å². The highest BCUT2D eigenvalue weighted by molar-refractivity contribution is 5.92. The Morgan fingerprint density at radius 2 is 2.06 bits per heavy atom.